The van der Waals surface area contributed by atoms with Crippen molar-refractivity contribution in [2.24, 2.45) is 0 Å². The van der Waals surface area contributed by atoms with Gasteiger partial charge in [0.05, 0.1) is 0 Å². The van der Waals surface area contributed by atoms with Crippen LogP contribution >= 0.6 is 0 Å². The van der Waals surface area contributed by atoms with E-state index in [4.69, 9.17) is 5.11 Å². The first kappa shape index (κ1) is 10.6. The van der Waals surface area contributed by atoms with Crippen molar-refractivity contribution in [3.05, 3.63) is 36.3 Å². The number of imidazole rings is 1. The van der Waals surface area contributed by atoms with Gasteiger partial charge in [-0.15, -0.1) is 0 Å². The second-order valence-electron chi connectivity index (χ2n) is 3.93. The lowest BCUT2D eigenvalue weighted by molar-refractivity contribution is -0.156. The molecule has 84 valence electrons. The Morgan fingerprint density at radius 1 is 1.56 bits per heavy atom. The maximum Gasteiger partial charge on any atom is 0.335 e. The highest BCUT2D eigenvalue weighted by Crippen LogP contribution is 2.15. The van der Waals surface area contributed by atoms with Gasteiger partial charge < -0.3 is 14.6 Å². The molecule has 0 bridgehead atoms. The Morgan fingerprint density at radius 3 is 3.00 bits per heavy atom. The third-order valence-corrected chi connectivity index (χ3v) is 2.48. The molecular weight excluding hydrogens is 208 g/mol. The highest BCUT2D eigenvalue weighted by molar-refractivity contribution is 5.76. The third-order valence-electron chi connectivity index (χ3n) is 2.48. The van der Waals surface area contributed by atoms with Crippen LogP contribution in [0.25, 0.3) is 5.65 Å². The van der Waals surface area contributed by atoms with E-state index in [1.807, 2.05) is 18.2 Å². The van der Waals surface area contributed by atoms with E-state index in [0.29, 0.717) is 5.69 Å². The van der Waals surface area contributed by atoms with Gasteiger partial charge in [0.25, 0.3) is 0 Å². The lowest BCUT2D eigenvalue weighted by atomic mass is 10.0. The Bertz CT molecular complexity index is 531. The van der Waals surface area contributed by atoms with Gasteiger partial charge in [0.2, 0.25) is 0 Å². The Morgan fingerprint density at radius 2 is 2.31 bits per heavy atom. The van der Waals surface area contributed by atoms with Crippen molar-refractivity contribution in [2.45, 2.75) is 18.9 Å². The van der Waals surface area contributed by atoms with E-state index in [1.54, 1.807) is 16.8 Å². The summed E-state index contributed by atoms with van der Waals surface area (Å²) in [7, 11) is 0. The summed E-state index contributed by atoms with van der Waals surface area (Å²) in [6, 6.07) is 5.49. The van der Waals surface area contributed by atoms with E-state index in [1.165, 1.54) is 6.92 Å². The quantitative estimate of drug-likeness (QED) is 0.799. The Kier molecular flexibility index (Phi) is 2.40. The summed E-state index contributed by atoms with van der Waals surface area (Å²) in [6.45, 7) is 1.28. The van der Waals surface area contributed by atoms with Crippen LogP contribution in [-0.4, -0.2) is 31.2 Å². The van der Waals surface area contributed by atoms with Crippen molar-refractivity contribution in [1.82, 2.24) is 9.38 Å². The Labute approximate surface area is 92.0 Å². The number of rotatable bonds is 3. The number of aliphatic carboxylic acids is 1. The molecule has 0 aliphatic rings. The lowest BCUT2D eigenvalue weighted by Crippen LogP contribution is -2.37. The molecule has 2 aromatic rings. The van der Waals surface area contributed by atoms with Crippen molar-refractivity contribution >= 4 is 11.6 Å². The predicted octanol–water partition coefficient (Wildman–Crippen LogP) is 0.712. The van der Waals surface area contributed by atoms with Gasteiger partial charge >= 0.3 is 5.97 Å². The zero-order valence-electron chi connectivity index (χ0n) is 8.79. The van der Waals surface area contributed by atoms with Gasteiger partial charge in [-0.3, -0.25) is 0 Å². The summed E-state index contributed by atoms with van der Waals surface area (Å²) in [6.07, 6.45) is 3.38. The largest absolute Gasteiger partial charge is 0.479 e. The van der Waals surface area contributed by atoms with Crippen LogP contribution in [0.3, 0.4) is 0 Å². The fraction of sp³-hybridized carbons (Fsp3) is 0.273. The van der Waals surface area contributed by atoms with Crippen LogP contribution in [0.2, 0.25) is 0 Å². The molecule has 5 nitrogen and oxygen atoms in total. The third kappa shape index (κ3) is 1.77. The molecular formula is C11H12N2O3. The summed E-state index contributed by atoms with van der Waals surface area (Å²) >= 11 is 0. The normalized spacial score (nSPS) is 14.9. The maximum atomic E-state index is 10.8. The molecule has 0 saturated heterocycles. The molecule has 0 aromatic carbocycles. The number of carboxylic acid groups (broad SMARTS) is 1. The minimum atomic E-state index is -1.77. The van der Waals surface area contributed by atoms with E-state index >= 15 is 0 Å². The zero-order valence-corrected chi connectivity index (χ0v) is 8.79. The van der Waals surface area contributed by atoms with Gasteiger partial charge in [-0.05, 0) is 19.1 Å². The standard InChI is InChI=1S/C11H12N2O3/c1-11(16,10(14)15)6-8-7-12-9-4-2-3-5-13(8)9/h2-5,7,16H,6H2,1H3,(H,14,15). The van der Waals surface area contributed by atoms with Crippen LogP contribution in [0.5, 0.6) is 0 Å². The van der Waals surface area contributed by atoms with E-state index in [2.05, 4.69) is 4.98 Å². The highest BCUT2D eigenvalue weighted by atomic mass is 16.4. The SMILES string of the molecule is CC(O)(Cc1cnc2ccccn12)C(=O)O. The molecule has 1 atom stereocenters. The number of carbonyl (C=O) groups is 1. The van der Waals surface area contributed by atoms with E-state index in [0.717, 1.165) is 5.65 Å². The Hall–Kier alpha value is -1.88. The van der Waals surface area contributed by atoms with E-state index in [-0.39, 0.29) is 6.42 Å². The first-order valence-electron chi connectivity index (χ1n) is 4.87. The summed E-state index contributed by atoms with van der Waals surface area (Å²) in [5.41, 5.74) is -0.368. The van der Waals surface area contributed by atoms with Crippen LogP contribution < -0.4 is 0 Å². The first-order valence-corrected chi connectivity index (χ1v) is 4.87. The molecule has 2 N–H and O–H groups in total. The molecule has 0 aliphatic carbocycles. The summed E-state index contributed by atoms with van der Waals surface area (Å²) in [4.78, 5) is 14.9. The van der Waals surface area contributed by atoms with Gasteiger partial charge in [-0.1, -0.05) is 6.07 Å². The smallest absolute Gasteiger partial charge is 0.335 e. The Balaban J connectivity index is 2.38. The summed E-state index contributed by atoms with van der Waals surface area (Å²) in [5, 5.41) is 18.5. The van der Waals surface area contributed by atoms with Gasteiger partial charge in [0.1, 0.15) is 5.65 Å². The molecule has 0 radical (unpaired) electrons. The number of aromatic nitrogens is 2. The highest BCUT2D eigenvalue weighted by Gasteiger charge is 2.31. The maximum absolute atomic E-state index is 10.8. The topological polar surface area (TPSA) is 74.8 Å². The number of hydrogen-bond acceptors (Lipinski definition) is 3. The van der Waals surface area contributed by atoms with Gasteiger partial charge in [0, 0.05) is 24.5 Å². The average molecular weight is 220 g/mol. The molecule has 0 spiro atoms. The zero-order chi connectivity index (χ0) is 11.8. The summed E-state index contributed by atoms with van der Waals surface area (Å²) < 4.78 is 1.76. The molecule has 1 unspecified atom stereocenters. The van der Waals surface area contributed by atoms with Crippen LogP contribution in [0.1, 0.15) is 12.6 Å². The second-order valence-corrected chi connectivity index (χ2v) is 3.93. The van der Waals surface area contributed by atoms with Crippen molar-refractivity contribution in [2.75, 3.05) is 0 Å². The number of pyridine rings is 1. The van der Waals surface area contributed by atoms with Crippen molar-refractivity contribution in [1.29, 1.82) is 0 Å². The van der Waals surface area contributed by atoms with Crippen molar-refractivity contribution in [3.63, 3.8) is 0 Å². The van der Waals surface area contributed by atoms with Crippen molar-refractivity contribution < 1.29 is 15.0 Å². The van der Waals surface area contributed by atoms with Gasteiger partial charge in [0.15, 0.2) is 5.60 Å². The number of hydrogen-bond donors (Lipinski definition) is 2. The summed E-state index contributed by atoms with van der Waals surface area (Å²) in [5.74, 6) is -1.24. The molecule has 16 heavy (non-hydrogen) atoms. The fourth-order valence-electron chi connectivity index (χ4n) is 1.54. The predicted molar refractivity (Wildman–Crippen MR) is 57.2 cm³/mol. The molecule has 2 aromatic heterocycles. The van der Waals surface area contributed by atoms with Gasteiger partial charge in [-0.2, -0.15) is 0 Å². The van der Waals surface area contributed by atoms with Crippen LogP contribution in [0, 0.1) is 0 Å². The van der Waals surface area contributed by atoms with Crippen LogP contribution in [-0.2, 0) is 11.2 Å². The average Bonchev–Trinajstić information content (AvgIpc) is 2.61. The van der Waals surface area contributed by atoms with Crippen LogP contribution in [0.4, 0.5) is 0 Å². The number of aliphatic hydroxyl groups is 1. The second kappa shape index (κ2) is 3.61. The number of nitrogens with zero attached hydrogens (tertiary/aromatic N) is 2. The minimum Gasteiger partial charge on any atom is -0.479 e. The van der Waals surface area contributed by atoms with Gasteiger partial charge in [-0.25, -0.2) is 9.78 Å². The molecule has 2 heterocycles. The van der Waals surface area contributed by atoms with Crippen molar-refractivity contribution in [3.8, 4) is 0 Å². The molecule has 0 fully saturated rings. The first-order chi connectivity index (χ1) is 7.50. The molecule has 2 rings (SSSR count). The van der Waals surface area contributed by atoms with E-state index in [9.17, 15) is 9.90 Å². The monoisotopic (exact) mass is 220 g/mol. The molecule has 0 saturated carbocycles. The molecule has 0 aliphatic heterocycles. The fourth-order valence-corrected chi connectivity index (χ4v) is 1.54. The van der Waals surface area contributed by atoms with Crippen LogP contribution in [0.15, 0.2) is 30.6 Å². The van der Waals surface area contributed by atoms with E-state index < -0.39 is 11.6 Å². The molecule has 5 heteroatoms. The number of carboxylic acids is 1. The lowest BCUT2D eigenvalue weighted by Gasteiger charge is -2.16. The minimum absolute atomic E-state index is 0.0213. The number of fused-ring (bicyclic) bond motifs is 1. The molecule has 0 amide bonds.